The summed E-state index contributed by atoms with van der Waals surface area (Å²) >= 11 is 0. The van der Waals surface area contributed by atoms with E-state index in [2.05, 4.69) is 42.0 Å². The predicted octanol–water partition coefficient (Wildman–Crippen LogP) is 2.75. The van der Waals surface area contributed by atoms with Crippen molar-refractivity contribution >= 4 is 0 Å². The smallest absolute Gasteiger partial charge is 0.0350 e. The Hall–Kier alpha value is -1.54. The lowest BCUT2D eigenvalue weighted by Gasteiger charge is -2.13. The monoisotopic (exact) mass is 214 g/mol. The van der Waals surface area contributed by atoms with Crippen molar-refractivity contribution in [2.45, 2.75) is 25.9 Å². The van der Waals surface area contributed by atoms with Crippen LogP contribution in [0.4, 0.5) is 0 Å². The quantitative estimate of drug-likeness (QED) is 0.833. The van der Waals surface area contributed by atoms with Crippen LogP contribution in [0.1, 0.15) is 24.2 Å². The van der Waals surface area contributed by atoms with Crippen LogP contribution in [0.25, 0.3) is 0 Å². The molecule has 1 aromatic heterocycles. The third-order valence-corrected chi connectivity index (χ3v) is 2.92. The number of nitrogens with zero attached hydrogens (tertiary/aromatic N) is 1. The van der Waals surface area contributed by atoms with Crippen LogP contribution < -0.4 is 5.73 Å². The Morgan fingerprint density at radius 3 is 2.56 bits per heavy atom. The van der Waals surface area contributed by atoms with E-state index in [9.17, 15) is 0 Å². The van der Waals surface area contributed by atoms with E-state index in [1.165, 1.54) is 11.3 Å². The van der Waals surface area contributed by atoms with Crippen LogP contribution in [0.5, 0.6) is 0 Å². The van der Waals surface area contributed by atoms with Gasteiger partial charge in [0.25, 0.3) is 0 Å². The van der Waals surface area contributed by atoms with Gasteiger partial charge in [-0.25, -0.2) is 0 Å². The van der Waals surface area contributed by atoms with Crippen LogP contribution in [0, 0.1) is 0 Å². The Balaban J connectivity index is 2.11. The molecule has 84 valence electrons. The molecular formula is C14H18N2. The zero-order valence-corrected chi connectivity index (χ0v) is 9.63. The van der Waals surface area contributed by atoms with Crippen molar-refractivity contribution in [3.63, 3.8) is 0 Å². The molecule has 1 heterocycles. The first-order chi connectivity index (χ1) is 7.81. The van der Waals surface area contributed by atoms with E-state index in [-0.39, 0.29) is 6.04 Å². The van der Waals surface area contributed by atoms with Crippen LogP contribution in [0.3, 0.4) is 0 Å². The summed E-state index contributed by atoms with van der Waals surface area (Å²) in [5.41, 5.74) is 8.70. The fourth-order valence-corrected chi connectivity index (χ4v) is 1.99. The van der Waals surface area contributed by atoms with Crippen molar-refractivity contribution in [2.24, 2.45) is 5.73 Å². The molecule has 16 heavy (non-hydrogen) atoms. The summed E-state index contributed by atoms with van der Waals surface area (Å²) in [6, 6.07) is 14.6. The number of aromatic nitrogens is 1. The van der Waals surface area contributed by atoms with E-state index in [1.54, 1.807) is 0 Å². The van der Waals surface area contributed by atoms with Crippen LogP contribution >= 0.6 is 0 Å². The summed E-state index contributed by atoms with van der Waals surface area (Å²) in [4.78, 5) is 0. The molecule has 1 atom stereocenters. The lowest BCUT2D eigenvalue weighted by atomic mass is 10.0. The molecule has 2 rings (SSSR count). The summed E-state index contributed by atoms with van der Waals surface area (Å²) in [5, 5.41) is 0. The maximum atomic E-state index is 6.20. The van der Waals surface area contributed by atoms with Crippen molar-refractivity contribution in [3.8, 4) is 0 Å². The molecule has 2 nitrogen and oxygen atoms in total. The van der Waals surface area contributed by atoms with Gasteiger partial charge in [-0.05, 0) is 24.6 Å². The third-order valence-electron chi connectivity index (χ3n) is 2.92. The second-order valence-corrected chi connectivity index (χ2v) is 4.01. The predicted molar refractivity (Wildman–Crippen MR) is 67.2 cm³/mol. The molecular weight excluding hydrogens is 196 g/mol. The molecule has 0 saturated carbocycles. The first-order valence-corrected chi connectivity index (χ1v) is 5.75. The van der Waals surface area contributed by atoms with Gasteiger partial charge in [-0.2, -0.15) is 0 Å². The Morgan fingerprint density at radius 1 is 1.12 bits per heavy atom. The first kappa shape index (κ1) is 11.0. The molecule has 0 bridgehead atoms. The van der Waals surface area contributed by atoms with Gasteiger partial charge in [0, 0.05) is 30.9 Å². The summed E-state index contributed by atoms with van der Waals surface area (Å²) < 4.78 is 2.24. The lowest BCUT2D eigenvalue weighted by Crippen LogP contribution is -2.15. The van der Waals surface area contributed by atoms with Gasteiger partial charge in [0.1, 0.15) is 0 Å². The number of nitrogens with two attached hydrogens (primary N) is 1. The van der Waals surface area contributed by atoms with Crippen molar-refractivity contribution in [3.05, 3.63) is 59.9 Å². The highest BCUT2D eigenvalue weighted by molar-refractivity contribution is 5.21. The highest BCUT2D eigenvalue weighted by Crippen LogP contribution is 2.16. The van der Waals surface area contributed by atoms with E-state index in [0.29, 0.717) is 0 Å². The van der Waals surface area contributed by atoms with Gasteiger partial charge in [-0.3, -0.25) is 0 Å². The Kier molecular flexibility index (Phi) is 3.42. The van der Waals surface area contributed by atoms with Gasteiger partial charge in [0.05, 0.1) is 0 Å². The minimum Gasteiger partial charge on any atom is -0.352 e. The first-order valence-electron chi connectivity index (χ1n) is 5.75. The molecule has 0 saturated heterocycles. The second kappa shape index (κ2) is 4.99. The summed E-state index contributed by atoms with van der Waals surface area (Å²) in [6.07, 6.45) is 3.00. The zero-order valence-electron chi connectivity index (χ0n) is 9.63. The molecule has 0 fully saturated rings. The minimum atomic E-state index is 0.0846. The van der Waals surface area contributed by atoms with E-state index in [1.807, 2.05) is 18.2 Å². The Morgan fingerprint density at radius 2 is 1.88 bits per heavy atom. The van der Waals surface area contributed by atoms with Crippen molar-refractivity contribution in [2.75, 3.05) is 0 Å². The number of hydrogen-bond acceptors (Lipinski definition) is 1. The number of hydrogen-bond donors (Lipinski definition) is 1. The molecule has 2 aromatic rings. The summed E-state index contributed by atoms with van der Waals surface area (Å²) in [7, 11) is 0. The molecule has 2 heteroatoms. The van der Waals surface area contributed by atoms with Crippen molar-refractivity contribution in [1.29, 1.82) is 0 Å². The maximum Gasteiger partial charge on any atom is 0.0350 e. The Labute approximate surface area is 96.7 Å². The average molecular weight is 214 g/mol. The van der Waals surface area contributed by atoms with Gasteiger partial charge in [-0.1, -0.05) is 30.3 Å². The topological polar surface area (TPSA) is 30.9 Å². The number of aryl methyl sites for hydroxylation is 1. The van der Waals surface area contributed by atoms with E-state index in [4.69, 9.17) is 5.73 Å². The number of benzene rings is 1. The molecule has 1 unspecified atom stereocenters. The standard InChI is InChI=1S/C14H18N2/c1-2-16-10-6-9-13(16)11-14(15)12-7-4-3-5-8-12/h3-10,14H,2,11,15H2,1H3. The van der Waals surface area contributed by atoms with Crippen LogP contribution in [0.2, 0.25) is 0 Å². The summed E-state index contributed by atoms with van der Waals surface area (Å²) in [6.45, 7) is 3.15. The van der Waals surface area contributed by atoms with Crippen LogP contribution in [0.15, 0.2) is 48.7 Å². The highest BCUT2D eigenvalue weighted by Gasteiger charge is 2.08. The lowest BCUT2D eigenvalue weighted by molar-refractivity contribution is 0.645. The largest absolute Gasteiger partial charge is 0.352 e. The number of rotatable bonds is 4. The second-order valence-electron chi connectivity index (χ2n) is 4.01. The molecule has 0 amide bonds. The molecule has 0 aliphatic heterocycles. The van der Waals surface area contributed by atoms with Gasteiger partial charge in [-0.15, -0.1) is 0 Å². The maximum absolute atomic E-state index is 6.20. The van der Waals surface area contributed by atoms with Crippen LogP contribution in [-0.4, -0.2) is 4.57 Å². The minimum absolute atomic E-state index is 0.0846. The van der Waals surface area contributed by atoms with Gasteiger partial charge < -0.3 is 10.3 Å². The van der Waals surface area contributed by atoms with Crippen LogP contribution in [-0.2, 0) is 13.0 Å². The van der Waals surface area contributed by atoms with E-state index >= 15 is 0 Å². The molecule has 0 aliphatic rings. The fourth-order valence-electron chi connectivity index (χ4n) is 1.99. The molecule has 0 spiro atoms. The summed E-state index contributed by atoms with van der Waals surface area (Å²) in [5.74, 6) is 0. The SMILES string of the molecule is CCn1cccc1CC(N)c1ccccc1. The van der Waals surface area contributed by atoms with Gasteiger partial charge >= 0.3 is 0 Å². The van der Waals surface area contributed by atoms with E-state index in [0.717, 1.165) is 13.0 Å². The van der Waals surface area contributed by atoms with Gasteiger partial charge in [0.15, 0.2) is 0 Å². The molecule has 0 aliphatic carbocycles. The van der Waals surface area contributed by atoms with E-state index < -0.39 is 0 Å². The zero-order chi connectivity index (χ0) is 11.4. The van der Waals surface area contributed by atoms with Crippen molar-refractivity contribution < 1.29 is 0 Å². The molecule has 0 radical (unpaired) electrons. The van der Waals surface area contributed by atoms with Gasteiger partial charge in [0.2, 0.25) is 0 Å². The molecule has 2 N–H and O–H groups in total. The Bertz CT molecular complexity index is 431. The average Bonchev–Trinajstić information content (AvgIpc) is 2.77. The molecule has 1 aromatic carbocycles. The highest BCUT2D eigenvalue weighted by atomic mass is 15.0. The van der Waals surface area contributed by atoms with Crippen molar-refractivity contribution in [1.82, 2.24) is 4.57 Å². The third kappa shape index (κ3) is 2.34. The fraction of sp³-hybridized carbons (Fsp3) is 0.286. The normalized spacial score (nSPS) is 12.6.